The van der Waals surface area contributed by atoms with Crippen LogP contribution in [-0.2, 0) is 6.54 Å². The van der Waals surface area contributed by atoms with Crippen molar-refractivity contribution in [3.8, 4) is 0 Å². The largest absolute Gasteiger partial charge is 0.393 e. The molecule has 0 amide bonds. The summed E-state index contributed by atoms with van der Waals surface area (Å²) in [5.74, 6) is 0. The summed E-state index contributed by atoms with van der Waals surface area (Å²) in [4.78, 5) is 14.2. The third-order valence-corrected chi connectivity index (χ3v) is 2.84. The van der Waals surface area contributed by atoms with Crippen LogP contribution in [0.1, 0.15) is 11.1 Å². The minimum absolute atomic E-state index is 0.0781. The Labute approximate surface area is 110 Å². The number of rotatable bonds is 4. The van der Waals surface area contributed by atoms with Gasteiger partial charge in [-0.25, -0.2) is 0 Å². The lowest BCUT2D eigenvalue weighted by Gasteiger charge is -2.09. The van der Waals surface area contributed by atoms with Crippen LogP contribution in [0.2, 0.25) is 0 Å². The van der Waals surface area contributed by atoms with E-state index in [1.54, 1.807) is 24.5 Å². The number of nitro groups is 1. The summed E-state index contributed by atoms with van der Waals surface area (Å²) >= 11 is 0. The predicted molar refractivity (Wildman–Crippen MR) is 73.8 cm³/mol. The number of nitrogens with two attached hydrogens (primary N) is 1. The summed E-state index contributed by atoms with van der Waals surface area (Å²) in [6.07, 6.45) is 3.52. The van der Waals surface area contributed by atoms with E-state index in [9.17, 15) is 10.1 Å². The normalized spacial score (nSPS) is 10.2. The zero-order chi connectivity index (χ0) is 13.8. The van der Waals surface area contributed by atoms with E-state index >= 15 is 0 Å². The van der Waals surface area contributed by atoms with Crippen molar-refractivity contribution in [1.82, 2.24) is 4.98 Å². The lowest BCUT2D eigenvalue weighted by molar-refractivity contribution is -0.383. The van der Waals surface area contributed by atoms with Crippen LogP contribution in [0, 0.1) is 17.0 Å². The molecule has 1 aromatic carbocycles. The van der Waals surface area contributed by atoms with Crippen LogP contribution in [0.3, 0.4) is 0 Å². The van der Waals surface area contributed by atoms with E-state index in [1.807, 2.05) is 13.0 Å². The van der Waals surface area contributed by atoms with Crippen LogP contribution < -0.4 is 11.1 Å². The number of nitro benzene ring substituents is 1. The molecule has 0 bridgehead atoms. The quantitative estimate of drug-likeness (QED) is 0.499. The van der Waals surface area contributed by atoms with Gasteiger partial charge in [-0.1, -0.05) is 0 Å². The maximum absolute atomic E-state index is 10.7. The van der Waals surface area contributed by atoms with Crippen molar-refractivity contribution in [2.75, 3.05) is 11.1 Å². The van der Waals surface area contributed by atoms with E-state index in [0.717, 1.165) is 16.8 Å². The summed E-state index contributed by atoms with van der Waals surface area (Å²) in [5.41, 5.74) is 8.66. The summed E-state index contributed by atoms with van der Waals surface area (Å²) in [5, 5.41) is 13.8. The standard InChI is InChI=1S/C13H14N4O2/c1-9-7-15-5-4-10(9)8-16-11-2-3-13(17(18)19)12(14)6-11/h2-7,16H,8,14H2,1H3. The molecular weight excluding hydrogens is 244 g/mol. The van der Waals surface area contributed by atoms with Crippen LogP contribution in [0.5, 0.6) is 0 Å². The Morgan fingerprint density at radius 3 is 2.84 bits per heavy atom. The Morgan fingerprint density at radius 2 is 2.21 bits per heavy atom. The molecule has 0 aliphatic heterocycles. The maximum atomic E-state index is 10.7. The minimum Gasteiger partial charge on any atom is -0.393 e. The topological polar surface area (TPSA) is 94.1 Å². The fraction of sp³-hybridized carbons (Fsp3) is 0.154. The van der Waals surface area contributed by atoms with E-state index in [4.69, 9.17) is 5.73 Å². The van der Waals surface area contributed by atoms with Gasteiger partial charge >= 0.3 is 0 Å². The second-order valence-corrected chi connectivity index (χ2v) is 4.19. The Balaban J connectivity index is 2.11. The molecule has 6 heteroatoms. The lowest BCUT2D eigenvalue weighted by Crippen LogP contribution is -2.03. The molecule has 0 spiro atoms. The van der Waals surface area contributed by atoms with Crippen molar-refractivity contribution >= 4 is 17.1 Å². The number of hydrogen-bond donors (Lipinski definition) is 2. The molecule has 6 nitrogen and oxygen atoms in total. The maximum Gasteiger partial charge on any atom is 0.292 e. The molecule has 0 fully saturated rings. The highest BCUT2D eigenvalue weighted by atomic mass is 16.6. The first-order chi connectivity index (χ1) is 9.08. The zero-order valence-electron chi connectivity index (χ0n) is 10.5. The van der Waals surface area contributed by atoms with Crippen molar-refractivity contribution in [2.45, 2.75) is 13.5 Å². The van der Waals surface area contributed by atoms with Gasteiger partial charge < -0.3 is 11.1 Å². The van der Waals surface area contributed by atoms with E-state index in [0.29, 0.717) is 6.54 Å². The fourth-order valence-corrected chi connectivity index (χ4v) is 1.73. The number of hydrogen-bond acceptors (Lipinski definition) is 5. The molecular formula is C13H14N4O2. The average Bonchev–Trinajstić information content (AvgIpc) is 2.37. The molecule has 0 aliphatic carbocycles. The highest BCUT2D eigenvalue weighted by Crippen LogP contribution is 2.25. The smallest absolute Gasteiger partial charge is 0.292 e. The Morgan fingerprint density at radius 1 is 1.42 bits per heavy atom. The van der Waals surface area contributed by atoms with E-state index in [2.05, 4.69) is 10.3 Å². The van der Waals surface area contributed by atoms with E-state index < -0.39 is 4.92 Å². The van der Waals surface area contributed by atoms with Gasteiger partial charge in [-0.3, -0.25) is 15.1 Å². The van der Waals surface area contributed by atoms with Crippen LogP contribution in [0.4, 0.5) is 17.1 Å². The predicted octanol–water partition coefficient (Wildman–Crippen LogP) is 2.49. The number of aromatic nitrogens is 1. The first-order valence-corrected chi connectivity index (χ1v) is 5.75. The molecule has 19 heavy (non-hydrogen) atoms. The molecule has 0 radical (unpaired) electrons. The number of nitrogens with zero attached hydrogens (tertiary/aromatic N) is 2. The number of nitrogens with one attached hydrogen (secondary N) is 1. The summed E-state index contributed by atoms with van der Waals surface area (Å²) in [7, 11) is 0. The first-order valence-electron chi connectivity index (χ1n) is 5.75. The van der Waals surface area contributed by atoms with Crippen LogP contribution >= 0.6 is 0 Å². The first kappa shape index (κ1) is 12.8. The minimum atomic E-state index is -0.494. The average molecular weight is 258 g/mol. The monoisotopic (exact) mass is 258 g/mol. The molecule has 0 aliphatic rings. The molecule has 98 valence electrons. The van der Waals surface area contributed by atoms with Gasteiger partial charge in [-0.05, 0) is 36.2 Å². The Kier molecular flexibility index (Phi) is 3.61. The van der Waals surface area contributed by atoms with Gasteiger partial charge in [0.15, 0.2) is 0 Å². The van der Waals surface area contributed by atoms with Gasteiger partial charge in [0, 0.05) is 30.7 Å². The molecule has 0 saturated heterocycles. The Hall–Kier alpha value is -2.63. The van der Waals surface area contributed by atoms with Gasteiger partial charge in [0.2, 0.25) is 0 Å². The third-order valence-electron chi connectivity index (χ3n) is 2.84. The number of pyridine rings is 1. The molecule has 2 aromatic rings. The summed E-state index contributed by atoms with van der Waals surface area (Å²) < 4.78 is 0. The molecule has 1 heterocycles. The molecule has 0 unspecified atom stereocenters. The van der Waals surface area contributed by atoms with Crippen molar-refractivity contribution in [3.63, 3.8) is 0 Å². The number of aryl methyl sites for hydroxylation is 1. The second kappa shape index (κ2) is 5.34. The van der Waals surface area contributed by atoms with Crippen molar-refractivity contribution < 1.29 is 4.92 Å². The highest BCUT2D eigenvalue weighted by molar-refractivity contribution is 5.65. The number of anilines is 2. The Bertz CT molecular complexity index is 613. The van der Waals surface area contributed by atoms with Crippen LogP contribution in [-0.4, -0.2) is 9.91 Å². The van der Waals surface area contributed by atoms with Crippen molar-refractivity contribution in [1.29, 1.82) is 0 Å². The summed E-state index contributed by atoms with van der Waals surface area (Å²) in [6, 6.07) is 6.54. The zero-order valence-corrected chi connectivity index (χ0v) is 10.5. The van der Waals surface area contributed by atoms with Crippen molar-refractivity contribution in [2.24, 2.45) is 0 Å². The van der Waals surface area contributed by atoms with Gasteiger partial charge in [0.1, 0.15) is 5.69 Å². The van der Waals surface area contributed by atoms with Gasteiger partial charge in [-0.15, -0.1) is 0 Å². The van der Waals surface area contributed by atoms with Crippen LogP contribution in [0.25, 0.3) is 0 Å². The van der Waals surface area contributed by atoms with Crippen LogP contribution in [0.15, 0.2) is 36.7 Å². The highest BCUT2D eigenvalue weighted by Gasteiger charge is 2.10. The van der Waals surface area contributed by atoms with Crippen molar-refractivity contribution in [3.05, 3.63) is 57.9 Å². The van der Waals surface area contributed by atoms with E-state index in [-0.39, 0.29) is 11.4 Å². The second-order valence-electron chi connectivity index (χ2n) is 4.19. The number of benzene rings is 1. The van der Waals surface area contributed by atoms with Gasteiger partial charge in [0.05, 0.1) is 4.92 Å². The van der Waals surface area contributed by atoms with Gasteiger partial charge in [0.25, 0.3) is 5.69 Å². The summed E-state index contributed by atoms with van der Waals surface area (Å²) in [6.45, 7) is 2.60. The number of nitrogen functional groups attached to an aromatic ring is 1. The fourth-order valence-electron chi connectivity index (χ4n) is 1.73. The third kappa shape index (κ3) is 2.98. The van der Waals surface area contributed by atoms with E-state index in [1.165, 1.54) is 6.07 Å². The molecule has 0 saturated carbocycles. The molecule has 3 N–H and O–H groups in total. The molecule has 2 rings (SSSR count). The SMILES string of the molecule is Cc1cnccc1CNc1ccc([N+](=O)[O-])c(N)c1. The molecule has 1 aromatic heterocycles. The molecule has 0 atom stereocenters. The lowest BCUT2D eigenvalue weighted by atomic mass is 10.1. The van der Waals surface area contributed by atoms with Gasteiger partial charge in [-0.2, -0.15) is 0 Å².